The molecule has 3 atom stereocenters. The van der Waals surface area contributed by atoms with Crippen LogP contribution in [-0.2, 0) is 30.4 Å². The molecule has 3 heterocycles. The number of aliphatic hydroxyl groups is 1. The number of hydrogen-bond donors (Lipinski definition) is 3. The molecule has 0 aliphatic carbocycles. The van der Waals surface area contributed by atoms with E-state index in [-0.39, 0.29) is 24.2 Å². The summed E-state index contributed by atoms with van der Waals surface area (Å²) >= 11 is 1.35. The number of hydrogen-bond acceptors (Lipinski definition) is 8. The van der Waals surface area contributed by atoms with Gasteiger partial charge in [0.25, 0.3) is 0 Å². The van der Waals surface area contributed by atoms with Crippen LogP contribution in [0.3, 0.4) is 0 Å². The van der Waals surface area contributed by atoms with Crippen molar-refractivity contribution in [1.29, 1.82) is 0 Å². The van der Waals surface area contributed by atoms with E-state index in [2.05, 4.69) is 5.32 Å². The number of fused-ring (bicyclic) bond motifs is 1. The second-order valence-electron chi connectivity index (χ2n) is 8.84. The summed E-state index contributed by atoms with van der Waals surface area (Å²) in [4.78, 5) is 50.5. The second-order valence-corrected chi connectivity index (χ2v) is 9.75. The molecule has 174 valence electrons. The normalized spacial score (nSPS) is 21.0. The van der Waals surface area contributed by atoms with E-state index in [0.29, 0.717) is 12.0 Å². The number of carbonyl (C=O) groups is 4. The van der Waals surface area contributed by atoms with Crippen molar-refractivity contribution in [3.8, 4) is 0 Å². The van der Waals surface area contributed by atoms with E-state index in [4.69, 9.17) is 15.2 Å². The SMILES string of the molecule is C[C@@H](O)[C@H]1C(=O)N2C(C(=O)OCOC(=O)C(C)(C)C)=C(c3cc(CNC(N)=O)cs3)C[C@H]12. The van der Waals surface area contributed by atoms with Gasteiger partial charge in [-0.2, -0.15) is 0 Å². The Hall–Kier alpha value is -2.92. The number of primary amides is 1. The number of nitrogens with two attached hydrogens (primary N) is 1. The first-order chi connectivity index (χ1) is 14.9. The summed E-state index contributed by atoms with van der Waals surface area (Å²) in [6.45, 7) is 6.22. The molecule has 0 unspecified atom stereocenters. The van der Waals surface area contributed by atoms with E-state index in [0.717, 1.165) is 10.4 Å². The Morgan fingerprint density at radius 1 is 1.34 bits per heavy atom. The number of aliphatic hydroxyl groups excluding tert-OH is 1. The van der Waals surface area contributed by atoms with Crippen molar-refractivity contribution in [2.24, 2.45) is 17.1 Å². The molecule has 0 radical (unpaired) electrons. The van der Waals surface area contributed by atoms with Gasteiger partial charge in [0.15, 0.2) is 0 Å². The molecule has 2 aliphatic heterocycles. The van der Waals surface area contributed by atoms with Crippen LogP contribution >= 0.6 is 11.3 Å². The van der Waals surface area contributed by atoms with Crippen molar-refractivity contribution in [3.05, 3.63) is 27.6 Å². The highest BCUT2D eigenvalue weighted by Crippen LogP contribution is 2.48. The smallest absolute Gasteiger partial charge is 0.358 e. The molecule has 0 spiro atoms. The van der Waals surface area contributed by atoms with Gasteiger partial charge in [-0.25, -0.2) is 9.59 Å². The molecule has 1 aromatic rings. The number of β-lactam (4-membered cyclic amide) rings is 1. The zero-order chi connectivity index (χ0) is 23.8. The maximum absolute atomic E-state index is 12.9. The highest BCUT2D eigenvalue weighted by atomic mass is 32.1. The number of urea groups is 1. The third kappa shape index (κ3) is 4.63. The fourth-order valence-corrected chi connectivity index (χ4v) is 4.69. The lowest BCUT2D eigenvalue weighted by molar-refractivity contribution is -0.175. The van der Waals surface area contributed by atoms with Crippen molar-refractivity contribution in [2.75, 3.05) is 6.79 Å². The summed E-state index contributed by atoms with van der Waals surface area (Å²) in [7, 11) is 0. The lowest BCUT2D eigenvalue weighted by Gasteiger charge is -2.44. The molecule has 3 amide bonds. The Bertz CT molecular complexity index is 976. The number of esters is 2. The molecule has 0 bridgehead atoms. The summed E-state index contributed by atoms with van der Waals surface area (Å²) in [6, 6.07) is 0.796. The zero-order valence-electron chi connectivity index (χ0n) is 18.3. The average Bonchev–Trinajstić information content (AvgIpc) is 3.27. The molecule has 0 aromatic carbocycles. The number of rotatable bonds is 7. The topological polar surface area (TPSA) is 148 Å². The Morgan fingerprint density at radius 3 is 2.62 bits per heavy atom. The third-order valence-electron chi connectivity index (χ3n) is 5.33. The quantitative estimate of drug-likeness (QED) is 0.312. The standard InChI is InChI=1S/C21H27N3O7S/c1-10(25)15-13-6-12(14-5-11(8-32-14)7-23-20(22)29)16(24(13)17(15)26)18(27)30-9-31-19(28)21(2,3)4/h5,8,10,13,15,25H,6-7,9H2,1-4H3,(H3,22,23,29)/t10-,13-,15-/m1/s1. The van der Waals surface area contributed by atoms with E-state index >= 15 is 0 Å². The van der Waals surface area contributed by atoms with Crippen molar-refractivity contribution in [2.45, 2.75) is 52.8 Å². The Kier molecular flexibility index (Phi) is 6.61. The first-order valence-corrected chi connectivity index (χ1v) is 11.0. The molecule has 10 nitrogen and oxygen atoms in total. The largest absolute Gasteiger partial charge is 0.427 e. The van der Waals surface area contributed by atoms with Crippen LogP contribution in [0.1, 0.15) is 44.6 Å². The third-order valence-corrected chi connectivity index (χ3v) is 6.37. The Morgan fingerprint density at radius 2 is 2.03 bits per heavy atom. The van der Waals surface area contributed by atoms with Gasteiger partial charge in [0.2, 0.25) is 12.7 Å². The van der Waals surface area contributed by atoms with E-state index in [9.17, 15) is 24.3 Å². The first-order valence-electron chi connectivity index (χ1n) is 10.1. The predicted molar refractivity (Wildman–Crippen MR) is 115 cm³/mol. The maximum atomic E-state index is 12.9. The van der Waals surface area contributed by atoms with Gasteiger partial charge in [-0.15, -0.1) is 11.3 Å². The van der Waals surface area contributed by atoms with Gasteiger partial charge in [-0.05, 0) is 51.1 Å². The van der Waals surface area contributed by atoms with Gasteiger partial charge in [0, 0.05) is 17.0 Å². The highest BCUT2D eigenvalue weighted by Gasteiger charge is 2.57. The monoisotopic (exact) mass is 465 g/mol. The lowest BCUT2D eigenvalue weighted by Crippen LogP contribution is -2.61. The molecule has 2 aliphatic rings. The molecule has 1 aromatic heterocycles. The summed E-state index contributed by atoms with van der Waals surface area (Å²) in [5.74, 6) is -2.27. The predicted octanol–water partition coefficient (Wildman–Crippen LogP) is 1.33. The van der Waals surface area contributed by atoms with Crippen LogP contribution < -0.4 is 11.1 Å². The molecule has 11 heteroatoms. The van der Waals surface area contributed by atoms with Crippen molar-refractivity contribution in [1.82, 2.24) is 10.2 Å². The molecule has 0 saturated carbocycles. The average molecular weight is 466 g/mol. The van der Waals surface area contributed by atoms with Crippen LogP contribution in [0.4, 0.5) is 4.79 Å². The van der Waals surface area contributed by atoms with Gasteiger partial charge >= 0.3 is 18.0 Å². The summed E-state index contributed by atoms with van der Waals surface area (Å²) in [6.07, 6.45) is -0.483. The number of nitrogens with zero attached hydrogens (tertiary/aromatic N) is 1. The first kappa shape index (κ1) is 23.7. The minimum absolute atomic E-state index is 0.0833. The van der Waals surface area contributed by atoms with Crippen LogP contribution in [0.5, 0.6) is 0 Å². The van der Waals surface area contributed by atoms with Crippen LogP contribution in [0.15, 0.2) is 17.1 Å². The molecule has 32 heavy (non-hydrogen) atoms. The van der Waals surface area contributed by atoms with E-state index < -0.39 is 42.2 Å². The fraction of sp³-hybridized carbons (Fsp3) is 0.524. The molecule has 3 rings (SSSR count). The minimum Gasteiger partial charge on any atom is -0.427 e. The zero-order valence-corrected chi connectivity index (χ0v) is 19.2. The van der Waals surface area contributed by atoms with Crippen molar-refractivity contribution in [3.63, 3.8) is 0 Å². The van der Waals surface area contributed by atoms with E-state index in [1.165, 1.54) is 16.2 Å². The van der Waals surface area contributed by atoms with Crippen LogP contribution in [0.25, 0.3) is 5.57 Å². The number of carbonyl (C=O) groups excluding carboxylic acids is 4. The fourth-order valence-electron chi connectivity index (χ4n) is 3.72. The molecular formula is C21H27N3O7S. The Balaban J connectivity index is 1.82. The summed E-state index contributed by atoms with van der Waals surface area (Å²) in [5.41, 5.74) is 5.83. The number of amides is 3. The van der Waals surface area contributed by atoms with E-state index in [1.54, 1.807) is 33.8 Å². The summed E-state index contributed by atoms with van der Waals surface area (Å²) in [5, 5.41) is 14.3. The van der Waals surface area contributed by atoms with Gasteiger partial charge < -0.3 is 30.5 Å². The van der Waals surface area contributed by atoms with Gasteiger partial charge in [-0.1, -0.05) is 0 Å². The molecule has 4 N–H and O–H groups in total. The van der Waals surface area contributed by atoms with Gasteiger partial charge in [0.1, 0.15) is 5.70 Å². The van der Waals surface area contributed by atoms with Gasteiger partial charge in [-0.3, -0.25) is 9.59 Å². The van der Waals surface area contributed by atoms with Crippen LogP contribution in [-0.4, -0.2) is 52.8 Å². The van der Waals surface area contributed by atoms with E-state index in [1.807, 2.05) is 5.38 Å². The molecule has 1 saturated heterocycles. The lowest BCUT2D eigenvalue weighted by atomic mass is 9.83. The van der Waals surface area contributed by atoms with Crippen molar-refractivity contribution < 1.29 is 33.8 Å². The van der Waals surface area contributed by atoms with Crippen LogP contribution in [0.2, 0.25) is 0 Å². The number of nitrogens with one attached hydrogen (secondary N) is 1. The number of thiophene rings is 1. The molecule has 1 fully saturated rings. The van der Waals surface area contributed by atoms with Crippen LogP contribution in [0, 0.1) is 11.3 Å². The molecular weight excluding hydrogens is 438 g/mol. The number of ether oxygens (including phenoxy) is 2. The van der Waals surface area contributed by atoms with Crippen molar-refractivity contribution >= 4 is 40.8 Å². The minimum atomic E-state index is -0.855. The van der Waals surface area contributed by atoms with Gasteiger partial charge in [0.05, 0.1) is 23.5 Å². The summed E-state index contributed by atoms with van der Waals surface area (Å²) < 4.78 is 10.2. The second kappa shape index (κ2) is 8.91. The Labute approximate surface area is 189 Å². The maximum Gasteiger partial charge on any atom is 0.358 e. The highest BCUT2D eigenvalue weighted by molar-refractivity contribution is 7.11.